The van der Waals surface area contributed by atoms with Crippen LogP contribution in [0, 0.1) is 0 Å². The molecule has 1 aliphatic rings. The van der Waals surface area contributed by atoms with E-state index in [0.717, 1.165) is 22.9 Å². The molecule has 0 heterocycles. The molecule has 1 aliphatic carbocycles. The van der Waals surface area contributed by atoms with E-state index in [1.54, 1.807) is 24.3 Å². The fourth-order valence-corrected chi connectivity index (χ4v) is 3.14. The van der Waals surface area contributed by atoms with Gasteiger partial charge in [0.2, 0.25) is 0 Å². The number of carbonyl (C=O) groups is 1. The highest BCUT2D eigenvalue weighted by Crippen LogP contribution is 2.33. The molecule has 0 bridgehead atoms. The van der Waals surface area contributed by atoms with Crippen LogP contribution in [0.4, 0.5) is 8.78 Å². The van der Waals surface area contributed by atoms with Crippen LogP contribution in [-0.2, 0) is 6.54 Å². The molecule has 3 rings (SSSR count). The van der Waals surface area contributed by atoms with E-state index in [0.29, 0.717) is 12.1 Å². The van der Waals surface area contributed by atoms with E-state index in [2.05, 4.69) is 20.7 Å². The van der Waals surface area contributed by atoms with E-state index in [4.69, 9.17) is 4.74 Å². The molecular weight excluding hydrogens is 408 g/mol. The maximum atomic E-state index is 12.9. The van der Waals surface area contributed by atoms with Crippen molar-refractivity contribution in [3.8, 4) is 11.5 Å². The third kappa shape index (κ3) is 4.52. The van der Waals surface area contributed by atoms with Gasteiger partial charge in [0.05, 0.1) is 7.11 Å². The van der Waals surface area contributed by atoms with Crippen LogP contribution < -0.4 is 9.47 Å². The third-order valence-electron chi connectivity index (χ3n) is 4.12. The minimum atomic E-state index is -2.92. The van der Waals surface area contributed by atoms with E-state index in [-0.39, 0.29) is 23.4 Å². The predicted molar refractivity (Wildman–Crippen MR) is 96.7 cm³/mol. The van der Waals surface area contributed by atoms with Crippen LogP contribution in [0.3, 0.4) is 0 Å². The van der Waals surface area contributed by atoms with Gasteiger partial charge < -0.3 is 14.4 Å². The summed E-state index contributed by atoms with van der Waals surface area (Å²) in [5.41, 5.74) is 1.40. The van der Waals surface area contributed by atoms with Crippen molar-refractivity contribution in [1.29, 1.82) is 0 Å². The number of benzene rings is 2. The van der Waals surface area contributed by atoms with E-state index in [1.807, 2.05) is 17.0 Å². The zero-order chi connectivity index (χ0) is 18.7. The first-order valence-corrected chi connectivity index (χ1v) is 8.95. The average molecular weight is 426 g/mol. The van der Waals surface area contributed by atoms with Crippen LogP contribution >= 0.6 is 15.9 Å². The molecule has 4 nitrogen and oxygen atoms in total. The molecule has 0 atom stereocenters. The Bertz CT molecular complexity index is 796. The number of methoxy groups -OCH3 is 1. The Balaban J connectivity index is 1.81. The largest absolute Gasteiger partial charge is 0.493 e. The Labute approximate surface area is 158 Å². The van der Waals surface area contributed by atoms with Crippen molar-refractivity contribution in [2.75, 3.05) is 7.11 Å². The predicted octanol–water partition coefficient (Wildman–Crippen LogP) is 4.86. The Morgan fingerprint density at radius 3 is 2.62 bits per heavy atom. The maximum Gasteiger partial charge on any atom is 0.387 e. The molecular formula is C19H18BrF2NO3. The Morgan fingerprint density at radius 2 is 2.00 bits per heavy atom. The fourth-order valence-electron chi connectivity index (χ4n) is 2.74. The first-order chi connectivity index (χ1) is 12.5. The van der Waals surface area contributed by atoms with Crippen molar-refractivity contribution in [3.63, 3.8) is 0 Å². The minimum absolute atomic E-state index is 0.0254. The van der Waals surface area contributed by atoms with Crippen LogP contribution in [-0.4, -0.2) is 30.6 Å². The van der Waals surface area contributed by atoms with Gasteiger partial charge in [-0.05, 0) is 48.7 Å². The highest BCUT2D eigenvalue weighted by molar-refractivity contribution is 9.10. The van der Waals surface area contributed by atoms with Crippen LogP contribution in [0.5, 0.6) is 11.5 Å². The number of ether oxygens (including phenoxy) is 2. The number of hydrogen-bond acceptors (Lipinski definition) is 3. The standard InChI is InChI=1S/C19H18BrF2NO3/c1-25-17-9-12(5-8-16(17)26-19(21)22)11-23(15-6-7-15)18(24)13-3-2-4-14(20)10-13/h2-5,8-10,15,19H,6-7,11H2,1H3. The molecule has 0 spiro atoms. The van der Waals surface area contributed by atoms with E-state index >= 15 is 0 Å². The van der Waals surface area contributed by atoms with Gasteiger partial charge in [-0.15, -0.1) is 0 Å². The summed E-state index contributed by atoms with van der Waals surface area (Å²) in [6.07, 6.45) is 1.92. The summed E-state index contributed by atoms with van der Waals surface area (Å²) in [6.45, 7) is -2.54. The van der Waals surface area contributed by atoms with Gasteiger partial charge >= 0.3 is 6.61 Å². The van der Waals surface area contributed by atoms with Gasteiger partial charge in [0.1, 0.15) is 0 Å². The number of carbonyl (C=O) groups excluding carboxylic acids is 1. The second kappa shape index (κ2) is 8.03. The number of nitrogens with zero attached hydrogens (tertiary/aromatic N) is 1. The molecule has 0 N–H and O–H groups in total. The topological polar surface area (TPSA) is 38.8 Å². The zero-order valence-corrected chi connectivity index (χ0v) is 15.7. The van der Waals surface area contributed by atoms with Gasteiger partial charge in [0, 0.05) is 22.6 Å². The second-order valence-corrected chi connectivity index (χ2v) is 6.95. The molecule has 0 aliphatic heterocycles. The normalized spacial score (nSPS) is 13.6. The first kappa shape index (κ1) is 18.6. The van der Waals surface area contributed by atoms with E-state index < -0.39 is 6.61 Å². The van der Waals surface area contributed by atoms with Crippen LogP contribution in [0.15, 0.2) is 46.9 Å². The van der Waals surface area contributed by atoms with Crippen molar-refractivity contribution in [3.05, 3.63) is 58.1 Å². The number of amides is 1. The Hall–Kier alpha value is -2.15. The lowest BCUT2D eigenvalue weighted by Gasteiger charge is -2.23. The first-order valence-electron chi connectivity index (χ1n) is 8.16. The van der Waals surface area contributed by atoms with Gasteiger partial charge in [-0.25, -0.2) is 0 Å². The van der Waals surface area contributed by atoms with Gasteiger partial charge in [-0.3, -0.25) is 4.79 Å². The summed E-state index contributed by atoms with van der Waals surface area (Å²) in [5, 5.41) is 0. The molecule has 0 unspecified atom stereocenters. The van der Waals surface area contributed by atoms with Gasteiger partial charge in [0.15, 0.2) is 11.5 Å². The Morgan fingerprint density at radius 1 is 1.23 bits per heavy atom. The summed E-state index contributed by atoms with van der Waals surface area (Å²) in [6, 6.07) is 12.2. The van der Waals surface area contributed by atoms with Gasteiger partial charge in [0.25, 0.3) is 5.91 Å². The maximum absolute atomic E-state index is 12.9. The van der Waals surface area contributed by atoms with Crippen molar-refractivity contribution in [2.24, 2.45) is 0 Å². The lowest BCUT2D eigenvalue weighted by Crippen LogP contribution is -2.32. The lowest BCUT2D eigenvalue weighted by atomic mass is 10.1. The number of hydrogen-bond donors (Lipinski definition) is 0. The third-order valence-corrected chi connectivity index (χ3v) is 4.61. The summed E-state index contributed by atoms with van der Waals surface area (Å²) in [7, 11) is 1.39. The van der Waals surface area contributed by atoms with Crippen molar-refractivity contribution in [1.82, 2.24) is 4.90 Å². The number of halogens is 3. The lowest BCUT2D eigenvalue weighted by molar-refractivity contribution is -0.0512. The molecule has 0 aromatic heterocycles. The molecule has 26 heavy (non-hydrogen) atoms. The SMILES string of the molecule is COc1cc(CN(C(=O)c2cccc(Br)c2)C2CC2)ccc1OC(F)F. The molecule has 0 radical (unpaired) electrons. The van der Waals surface area contributed by atoms with Gasteiger partial charge in [-0.2, -0.15) is 8.78 Å². The molecule has 0 saturated heterocycles. The molecule has 1 amide bonds. The summed E-state index contributed by atoms with van der Waals surface area (Å²) < 4.78 is 35.3. The summed E-state index contributed by atoms with van der Waals surface area (Å²) >= 11 is 3.38. The smallest absolute Gasteiger partial charge is 0.387 e. The summed E-state index contributed by atoms with van der Waals surface area (Å²) in [5.74, 6) is 0.136. The van der Waals surface area contributed by atoms with Crippen molar-refractivity contribution >= 4 is 21.8 Å². The molecule has 7 heteroatoms. The van der Waals surface area contributed by atoms with Crippen LogP contribution in [0.25, 0.3) is 0 Å². The van der Waals surface area contributed by atoms with Crippen LogP contribution in [0.1, 0.15) is 28.8 Å². The fraction of sp³-hybridized carbons (Fsp3) is 0.316. The van der Waals surface area contributed by atoms with Gasteiger partial charge in [-0.1, -0.05) is 28.1 Å². The molecule has 2 aromatic rings. The molecule has 2 aromatic carbocycles. The number of rotatable bonds is 7. The second-order valence-electron chi connectivity index (χ2n) is 6.04. The van der Waals surface area contributed by atoms with E-state index in [9.17, 15) is 13.6 Å². The van der Waals surface area contributed by atoms with Crippen molar-refractivity contribution in [2.45, 2.75) is 32.0 Å². The average Bonchev–Trinajstić information content (AvgIpc) is 3.44. The summed E-state index contributed by atoms with van der Waals surface area (Å²) in [4.78, 5) is 14.7. The Kier molecular flexibility index (Phi) is 5.76. The monoisotopic (exact) mass is 425 g/mol. The highest BCUT2D eigenvalue weighted by Gasteiger charge is 2.33. The minimum Gasteiger partial charge on any atom is -0.493 e. The van der Waals surface area contributed by atoms with Crippen molar-refractivity contribution < 1.29 is 23.0 Å². The molecule has 138 valence electrons. The van der Waals surface area contributed by atoms with Crippen LogP contribution in [0.2, 0.25) is 0 Å². The molecule has 1 fully saturated rings. The quantitative estimate of drug-likeness (QED) is 0.635. The number of alkyl halides is 2. The molecule has 1 saturated carbocycles. The van der Waals surface area contributed by atoms with E-state index in [1.165, 1.54) is 13.2 Å². The zero-order valence-electron chi connectivity index (χ0n) is 14.1. The highest BCUT2D eigenvalue weighted by atomic mass is 79.9.